The zero-order chi connectivity index (χ0) is 17.4. The third-order valence-electron chi connectivity index (χ3n) is 4.27. The van der Waals surface area contributed by atoms with Crippen LogP contribution in [0.15, 0.2) is 29.2 Å². The van der Waals surface area contributed by atoms with Crippen LogP contribution in [0, 0.1) is 0 Å². The van der Waals surface area contributed by atoms with Crippen molar-refractivity contribution in [3.63, 3.8) is 0 Å². The summed E-state index contributed by atoms with van der Waals surface area (Å²) in [5, 5.41) is 9.10. The number of pyridine rings is 1. The molecule has 2 aromatic rings. The lowest BCUT2D eigenvalue weighted by Gasteiger charge is -2.18. The molecule has 3 N–H and O–H groups in total. The third-order valence-corrected chi connectivity index (χ3v) is 4.27. The Kier molecular flexibility index (Phi) is 4.01. The lowest BCUT2D eigenvalue weighted by Crippen LogP contribution is -2.33. The summed E-state index contributed by atoms with van der Waals surface area (Å²) in [5.41, 5.74) is 6.66. The lowest BCUT2D eigenvalue weighted by atomic mass is 10.1. The lowest BCUT2D eigenvalue weighted by molar-refractivity contribution is -0.137. The van der Waals surface area contributed by atoms with Crippen LogP contribution in [0.3, 0.4) is 0 Å². The smallest absolute Gasteiger partial charge is 0.305 e. The van der Waals surface area contributed by atoms with Crippen molar-refractivity contribution < 1.29 is 14.7 Å². The molecule has 0 saturated heterocycles. The fourth-order valence-corrected chi connectivity index (χ4v) is 2.80. The number of aromatic nitrogens is 1. The summed E-state index contributed by atoms with van der Waals surface area (Å²) in [6.07, 6.45) is 3.40. The zero-order valence-electron chi connectivity index (χ0n) is 13.4. The number of aliphatic carboxylic acids is 1. The minimum Gasteiger partial charge on any atom is -0.481 e. The monoisotopic (exact) mass is 329 g/mol. The van der Waals surface area contributed by atoms with Crippen molar-refractivity contribution in [1.29, 1.82) is 0 Å². The SMILES string of the molecule is CN(CCC(=O)O)C(=O)c1cn(C2CC2)c2cccc(N)c2c1=O. The second-order valence-corrected chi connectivity index (χ2v) is 6.12. The number of carbonyl (C=O) groups excluding carboxylic acids is 1. The first-order valence-corrected chi connectivity index (χ1v) is 7.80. The van der Waals surface area contributed by atoms with E-state index in [1.165, 1.54) is 11.9 Å². The molecule has 1 aromatic carbocycles. The Morgan fingerprint density at radius 2 is 2.08 bits per heavy atom. The summed E-state index contributed by atoms with van der Waals surface area (Å²) in [7, 11) is 1.49. The van der Waals surface area contributed by atoms with Gasteiger partial charge in [-0.3, -0.25) is 14.4 Å². The first-order valence-electron chi connectivity index (χ1n) is 7.80. The summed E-state index contributed by atoms with van der Waals surface area (Å²) in [6, 6.07) is 5.53. The van der Waals surface area contributed by atoms with Gasteiger partial charge in [0.2, 0.25) is 5.43 Å². The van der Waals surface area contributed by atoms with Crippen molar-refractivity contribution in [1.82, 2.24) is 9.47 Å². The highest BCUT2D eigenvalue weighted by Crippen LogP contribution is 2.37. The van der Waals surface area contributed by atoms with Gasteiger partial charge < -0.3 is 20.3 Å². The van der Waals surface area contributed by atoms with Crippen LogP contribution < -0.4 is 11.2 Å². The standard InChI is InChI=1S/C17H19N3O4/c1-19(8-7-14(21)22)17(24)11-9-20(10-5-6-10)13-4-2-3-12(18)15(13)16(11)23/h2-4,9-10H,5-8,18H2,1H3,(H,21,22). The van der Waals surface area contributed by atoms with E-state index < -0.39 is 17.3 Å². The number of amides is 1. The highest BCUT2D eigenvalue weighted by Gasteiger charge is 2.28. The molecular weight excluding hydrogens is 310 g/mol. The zero-order valence-corrected chi connectivity index (χ0v) is 13.4. The van der Waals surface area contributed by atoms with Gasteiger partial charge in [0.15, 0.2) is 0 Å². The van der Waals surface area contributed by atoms with E-state index in [2.05, 4.69) is 0 Å². The van der Waals surface area contributed by atoms with Crippen molar-refractivity contribution in [2.45, 2.75) is 25.3 Å². The van der Waals surface area contributed by atoms with Gasteiger partial charge in [0, 0.05) is 31.5 Å². The van der Waals surface area contributed by atoms with E-state index in [4.69, 9.17) is 10.8 Å². The summed E-state index contributed by atoms with van der Waals surface area (Å²) in [4.78, 5) is 37.3. The number of carbonyl (C=O) groups is 2. The van der Waals surface area contributed by atoms with Gasteiger partial charge in [-0.05, 0) is 25.0 Å². The maximum Gasteiger partial charge on any atom is 0.305 e. The van der Waals surface area contributed by atoms with Crippen molar-refractivity contribution in [3.05, 3.63) is 40.2 Å². The van der Waals surface area contributed by atoms with Crippen LogP contribution in [0.1, 0.15) is 35.7 Å². The Labute approximate surface area is 138 Å². The molecule has 3 rings (SSSR count). The minimum atomic E-state index is -0.993. The molecule has 1 saturated carbocycles. The molecule has 1 amide bonds. The Morgan fingerprint density at radius 1 is 1.38 bits per heavy atom. The Morgan fingerprint density at radius 3 is 2.71 bits per heavy atom. The largest absolute Gasteiger partial charge is 0.481 e. The number of hydrogen-bond acceptors (Lipinski definition) is 4. The van der Waals surface area contributed by atoms with Crippen molar-refractivity contribution in [3.8, 4) is 0 Å². The molecule has 0 spiro atoms. The molecule has 24 heavy (non-hydrogen) atoms. The number of rotatable bonds is 5. The molecule has 0 radical (unpaired) electrons. The molecule has 1 fully saturated rings. The number of anilines is 1. The van der Waals surface area contributed by atoms with Gasteiger partial charge in [-0.15, -0.1) is 0 Å². The van der Waals surface area contributed by atoms with Gasteiger partial charge in [0.25, 0.3) is 5.91 Å². The van der Waals surface area contributed by atoms with Crippen LogP contribution >= 0.6 is 0 Å². The summed E-state index contributed by atoms with van der Waals surface area (Å²) < 4.78 is 1.94. The van der Waals surface area contributed by atoms with E-state index in [9.17, 15) is 14.4 Å². The van der Waals surface area contributed by atoms with Crippen LogP contribution in [0.5, 0.6) is 0 Å². The quantitative estimate of drug-likeness (QED) is 0.808. The molecule has 1 aliphatic rings. The third kappa shape index (κ3) is 2.84. The van der Waals surface area contributed by atoms with E-state index >= 15 is 0 Å². The van der Waals surface area contributed by atoms with Gasteiger partial charge in [-0.1, -0.05) is 6.07 Å². The molecule has 7 heteroatoms. The number of nitrogens with two attached hydrogens (primary N) is 1. The molecule has 1 aliphatic carbocycles. The Hall–Kier alpha value is -2.83. The normalized spacial score (nSPS) is 13.9. The van der Waals surface area contributed by atoms with Gasteiger partial charge >= 0.3 is 5.97 Å². The second-order valence-electron chi connectivity index (χ2n) is 6.12. The predicted octanol–water partition coefficient (Wildman–Crippen LogP) is 1.47. The van der Waals surface area contributed by atoms with Crippen LogP contribution in [0.4, 0.5) is 5.69 Å². The fourth-order valence-electron chi connectivity index (χ4n) is 2.80. The summed E-state index contributed by atoms with van der Waals surface area (Å²) >= 11 is 0. The van der Waals surface area contributed by atoms with Gasteiger partial charge in [-0.25, -0.2) is 0 Å². The number of fused-ring (bicyclic) bond motifs is 1. The number of benzene rings is 1. The highest BCUT2D eigenvalue weighted by atomic mass is 16.4. The van der Waals surface area contributed by atoms with E-state index in [0.29, 0.717) is 11.1 Å². The van der Waals surface area contributed by atoms with Crippen molar-refractivity contribution in [2.75, 3.05) is 19.3 Å². The van der Waals surface area contributed by atoms with Crippen LogP contribution in [0.25, 0.3) is 10.9 Å². The number of nitrogens with zero attached hydrogens (tertiary/aromatic N) is 2. The molecule has 0 unspecified atom stereocenters. The number of nitrogen functional groups attached to an aromatic ring is 1. The number of carboxylic acids is 1. The van der Waals surface area contributed by atoms with Crippen molar-refractivity contribution >= 4 is 28.5 Å². The van der Waals surface area contributed by atoms with Gasteiger partial charge in [0.1, 0.15) is 5.56 Å². The van der Waals surface area contributed by atoms with E-state index in [0.717, 1.165) is 18.4 Å². The topological polar surface area (TPSA) is 106 Å². The second kappa shape index (κ2) is 5.99. The van der Waals surface area contributed by atoms with Crippen molar-refractivity contribution in [2.24, 2.45) is 0 Å². The van der Waals surface area contributed by atoms with E-state index in [-0.39, 0.29) is 24.6 Å². The van der Waals surface area contributed by atoms with E-state index in [1.807, 2.05) is 10.6 Å². The fraction of sp³-hybridized carbons (Fsp3) is 0.353. The van der Waals surface area contributed by atoms with Crippen LogP contribution in [-0.4, -0.2) is 40.0 Å². The van der Waals surface area contributed by atoms with Gasteiger partial charge in [0.05, 0.1) is 17.3 Å². The highest BCUT2D eigenvalue weighted by molar-refractivity contribution is 6.00. The molecule has 0 aliphatic heterocycles. The molecular formula is C17H19N3O4. The maximum atomic E-state index is 12.8. The summed E-state index contributed by atoms with van der Waals surface area (Å²) in [6.45, 7) is 0.0410. The maximum absolute atomic E-state index is 12.8. The van der Waals surface area contributed by atoms with Crippen LogP contribution in [0.2, 0.25) is 0 Å². The molecule has 7 nitrogen and oxygen atoms in total. The number of carboxylic acid groups (broad SMARTS) is 1. The average Bonchev–Trinajstić information content (AvgIpc) is 3.37. The molecule has 0 atom stereocenters. The predicted molar refractivity (Wildman–Crippen MR) is 90.1 cm³/mol. The molecule has 126 valence electrons. The van der Waals surface area contributed by atoms with Crippen LogP contribution in [-0.2, 0) is 4.79 Å². The molecule has 1 aromatic heterocycles. The number of hydrogen-bond donors (Lipinski definition) is 2. The molecule has 1 heterocycles. The Bertz CT molecular complexity index is 883. The minimum absolute atomic E-state index is 0.0280. The first-order chi connectivity index (χ1) is 11.4. The molecule has 0 bridgehead atoms. The summed E-state index contributed by atoms with van der Waals surface area (Å²) in [5.74, 6) is -1.48. The Balaban J connectivity index is 2.09. The first kappa shape index (κ1) is 16.0. The average molecular weight is 329 g/mol. The van der Waals surface area contributed by atoms with Gasteiger partial charge in [-0.2, -0.15) is 0 Å². The van der Waals surface area contributed by atoms with E-state index in [1.54, 1.807) is 18.3 Å².